The van der Waals surface area contributed by atoms with Crippen LogP contribution in [0.1, 0.15) is 25.8 Å². The van der Waals surface area contributed by atoms with Gasteiger partial charge in [0.2, 0.25) is 0 Å². The maximum atomic E-state index is 11.5. The molecule has 30 heavy (non-hydrogen) atoms. The second kappa shape index (κ2) is 7.29. The third-order valence-electron chi connectivity index (χ3n) is 5.20. The summed E-state index contributed by atoms with van der Waals surface area (Å²) in [4.78, 5) is 10.9. The number of aromatic hydroxyl groups is 1. The molecule has 1 aliphatic rings. The zero-order chi connectivity index (χ0) is 21.5. The van der Waals surface area contributed by atoms with Crippen molar-refractivity contribution in [1.29, 1.82) is 0 Å². The number of fused-ring (bicyclic) bond motifs is 2. The Kier molecular flexibility index (Phi) is 4.77. The highest BCUT2D eigenvalue weighted by atomic mass is 16.6. The van der Waals surface area contributed by atoms with Gasteiger partial charge in [0.1, 0.15) is 22.8 Å². The molecule has 0 spiro atoms. The Bertz CT molecular complexity index is 1190. The fourth-order valence-corrected chi connectivity index (χ4v) is 3.59. The van der Waals surface area contributed by atoms with Crippen LogP contribution in [0.3, 0.4) is 0 Å². The Balaban J connectivity index is 1.92. The van der Waals surface area contributed by atoms with Gasteiger partial charge in [0.15, 0.2) is 11.4 Å². The van der Waals surface area contributed by atoms with Gasteiger partial charge in [0.05, 0.1) is 18.1 Å². The lowest BCUT2D eigenvalue weighted by atomic mass is 9.91. The van der Waals surface area contributed by atoms with Gasteiger partial charge in [-0.15, -0.1) is 10.2 Å². The second-order valence-corrected chi connectivity index (χ2v) is 7.72. The number of hydrogen-bond donors (Lipinski definition) is 1. The van der Waals surface area contributed by atoms with Gasteiger partial charge in [0.25, 0.3) is 5.69 Å². The lowest BCUT2D eigenvalue weighted by Crippen LogP contribution is -2.32. The largest absolute Gasteiger partial charge is 0.507 e. The number of benzene rings is 3. The maximum Gasteiger partial charge on any atom is 0.300 e. The number of methoxy groups -OCH3 is 1. The minimum atomic E-state index is -0.527. The summed E-state index contributed by atoms with van der Waals surface area (Å²) in [6.45, 7) is 3.94. The van der Waals surface area contributed by atoms with E-state index in [1.807, 2.05) is 32.0 Å². The van der Waals surface area contributed by atoms with Gasteiger partial charge in [-0.2, -0.15) is 0 Å². The molecule has 0 saturated carbocycles. The van der Waals surface area contributed by atoms with E-state index < -0.39 is 10.5 Å². The van der Waals surface area contributed by atoms with E-state index in [1.54, 1.807) is 12.1 Å². The van der Waals surface area contributed by atoms with E-state index in [0.29, 0.717) is 39.9 Å². The van der Waals surface area contributed by atoms with Crippen LogP contribution in [-0.4, -0.2) is 22.7 Å². The minimum absolute atomic E-state index is 0.0989. The van der Waals surface area contributed by atoms with Gasteiger partial charge < -0.3 is 14.6 Å². The first-order chi connectivity index (χ1) is 14.3. The van der Waals surface area contributed by atoms with Gasteiger partial charge in [0, 0.05) is 16.3 Å². The number of phenols is 1. The van der Waals surface area contributed by atoms with E-state index in [1.165, 1.54) is 19.2 Å². The van der Waals surface area contributed by atoms with Crippen LogP contribution >= 0.6 is 0 Å². The van der Waals surface area contributed by atoms with Gasteiger partial charge >= 0.3 is 0 Å². The zero-order valence-corrected chi connectivity index (χ0v) is 16.9. The number of rotatable bonds is 4. The topological polar surface area (TPSA) is 107 Å². The number of hydrogen-bond acceptors (Lipinski definition) is 7. The maximum absolute atomic E-state index is 11.5. The van der Waals surface area contributed by atoms with E-state index in [0.717, 1.165) is 6.42 Å². The van der Waals surface area contributed by atoms with Crippen LogP contribution < -0.4 is 9.47 Å². The monoisotopic (exact) mass is 407 g/mol. The molecule has 8 nitrogen and oxygen atoms in total. The van der Waals surface area contributed by atoms with Crippen LogP contribution in [-0.2, 0) is 6.42 Å². The van der Waals surface area contributed by atoms with E-state index >= 15 is 0 Å². The quantitative estimate of drug-likeness (QED) is 0.325. The first kappa shape index (κ1) is 19.6. The highest BCUT2D eigenvalue weighted by Gasteiger charge is 2.32. The molecule has 3 aromatic carbocycles. The Hall–Kier alpha value is -3.68. The molecule has 8 heteroatoms. The first-order valence-electron chi connectivity index (χ1n) is 9.50. The molecule has 0 bridgehead atoms. The average molecular weight is 407 g/mol. The van der Waals surface area contributed by atoms with Crippen molar-refractivity contribution >= 4 is 27.8 Å². The van der Waals surface area contributed by atoms with Crippen molar-refractivity contribution < 1.29 is 19.5 Å². The summed E-state index contributed by atoms with van der Waals surface area (Å²) in [6, 6.07) is 11.7. The van der Waals surface area contributed by atoms with Crippen molar-refractivity contribution in [2.75, 3.05) is 7.11 Å². The van der Waals surface area contributed by atoms with Crippen LogP contribution in [0.5, 0.6) is 17.2 Å². The number of phenolic OH excluding ortho intramolecular Hbond substituents is 1. The van der Waals surface area contributed by atoms with Gasteiger partial charge in [-0.05, 0) is 38.8 Å². The summed E-state index contributed by atoms with van der Waals surface area (Å²) in [5, 5.41) is 32.1. The molecule has 0 aromatic heterocycles. The standard InChI is InChI=1S/C22H21N3O5/c1-22(2)11-10-16-20(26)15-7-5-4-6-14(15)19(21(16)30-22)24-23-17-9-8-13(29-3)12-18(17)25(27)28/h4-9,12,26H,10-11H2,1-3H3. The molecule has 0 unspecified atom stereocenters. The fraction of sp³-hybridized carbons (Fsp3) is 0.273. The van der Waals surface area contributed by atoms with Crippen LogP contribution in [0.4, 0.5) is 17.1 Å². The van der Waals surface area contributed by atoms with Gasteiger partial charge in [-0.1, -0.05) is 24.3 Å². The van der Waals surface area contributed by atoms with Crippen molar-refractivity contribution in [3.8, 4) is 17.2 Å². The van der Waals surface area contributed by atoms with Crippen molar-refractivity contribution in [3.63, 3.8) is 0 Å². The number of nitro groups is 1. The normalized spacial score (nSPS) is 15.0. The molecule has 0 radical (unpaired) electrons. The first-order valence-corrected chi connectivity index (χ1v) is 9.50. The molecule has 0 fully saturated rings. The number of nitrogens with zero attached hydrogens (tertiary/aromatic N) is 3. The Labute approximate surface area is 172 Å². The molecule has 4 rings (SSSR count). The van der Waals surface area contributed by atoms with Gasteiger partial charge in [-0.25, -0.2) is 0 Å². The molecule has 154 valence electrons. The highest BCUT2D eigenvalue weighted by molar-refractivity contribution is 6.01. The van der Waals surface area contributed by atoms with Crippen molar-refractivity contribution in [2.45, 2.75) is 32.3 Å². The summed E-state index contributed by atoms with van der Waals surface area (Å²) in [5.74, 6) is 0.992. The summed E-state index contributed by atoms with van der Waals surface area (Å²) in [5.41, 5.74) is 0.568. The minimum Gasteiger partial charge on any atom is -0.507 e. The van der Waals surface area contributed by atoms with Crippen LogP contribution in [0.15, 0.2) is 52.7 Å². The highest BCUT2D eigenvalue weighted by Crippen LogP contribution is 2.50. The van der Waals surface area contributed by atoms with E-state index in [2.05, 4.69) is 10.2 Å². The molecule has 3 aromatic rings. The van der Waals surface area contributed by atoms with Crippen molar-refractivity contribution in [2.24, 2.45) is 10.2 Å². The predicted molar refractivity (Wildman–Crippen MR) is 112 cm³/mol. The number of ether oxygens (including phenoxy) is 2. The van der Waals surface area contributed by atoms with Gasteiger partial charge in [-0.3, -0.25) is 10.1 Å². The van der Waals surface area contributed by atoms with E-state index in [4.69, 9.17) is 9.47 Å². The predicted octanol–water partition coefficient (Wildman–Crippen LogP) is 5.98. The third kappa shape index (κ3) is 3.41. The molecule has 0 atom stereocenters. The third-order valence-corrected chi connectivity index (χ3v) is 5.20. The molecule has 0 aliphatic carbocycles. The SMILES string of the molecule is COc1ccc(N=Nc2c3c(c(O)c4ccccc24)CCC(C)(C)O3)c([N+](=O)[O-])c1. The lowest BCUT2D eigenvalue weighted by molar-refractivity contribution is -0.384. The molecule has 1 N–H and O–H groups in total. The van der Waals surface area contributed by atoms with E-state index in [-0.39, 0.29) is 17.1 Å². The molecular weight excluding hydrogens is 386 g/mol. The van der Waals surface area contributed by atoms with E-state index in [9.17, 15) is 15.2 Å². The smallest absolute Gasteiger partial charge is 0.300 e. The molecule has 1 aliphatic heterocycles. The van der Waals surface area contributed by atoms with Crippen LogP contribution in [0.2, 0.25) is 0 Å². The lowest BCUT2D eigenvalue weighted by Gasteiger charge is -2.34. The summed E-state index contributed by atoms with van der Waals surface area (Å²) < 4.78 is 11.2. The Morgan fingerprint density at radius 2 is 1.90 bits per heavy atom. The molecule has 1 heterocycles. The molecule has 0 saturated heterocycles. The molecular formula is C22H21N3O5. The summed E-state index contributed by atoms with van der Waals surface area (Å²) in [7, 11) is 1.44. The second-order valence-electron chi connectivity index (χ2n) is 7.72. The van der Waals surface area contributed by atoms with Crippen molar-refractivity contribution in [3.05, 3.63) is 58.1 Å². The zero-order valence-electron chi connectivity index (χ0n) is 16.9. The van der Waals surface area contributed by atoms with Crippen LogP contribution in [0, 0.1) is 10.1 Å². The fourth-order valence-electron chi connectivity index (χ4n) is 3.59. The number of azo groups is 1. The number of nitro benzene ring substituents is 1. The van der Waals surface area contributed by atoms with Crippen molar-refractivity contribution in [1.82, 2.24) is 0 Å². The molecule has 0 amide bonds. The summed E-state index contributed by atoms with van der Waals surface area (Å²) in [6.07, 6.45) is 1.37. The summed E-state index contributed by atoms with van der Waals surface area (Å²) >= 11 is 0. The Morgan fingerprint density at radius 3 is 2.60 bits per heavy atom. The average Bonchev–Trinajstić information content (AvgIpc) is 2.73. The van der Waals surface area contributed by atoms with Crippen LogP contribution in [0.25, 0.3) is 10.8 Å². The Morgan fingerprint density at radius 1 is 1.17 bits per heavy atom.